The molecule has 2 aromatic rings. The van der Waals surface area contributed by atoms with E-state index in [0.717, 1.165) is 5.56 Å². The van der Waals surface area contributed by atoms with Crippen molar-refractivity contribution in [3.63, 3.8) is 0 Å². The maximum absolute atomic E-state index is 12.1. The predicted octanol–water partition coefficient (Wildman–Crippen LogP) is 1.42. The van der Waals surface area contributed by atoms with Crippen LogP contribution in [0.5, 0.6) is 0 Å². The highest BCUT2D eigenvalue weighted by Gasteiger charge is 2.11. The summed E-state index contributed by atoms with van der Waals surface area (Å²) in [6.45, 7) is 0.441. The minimum Gasteiger partial charge on any atom is -0.352 e. The van der Waals surface area contributed by atoms with Crippen molar-refractivity contribution in [3.8, 4) is 0 Å². The number of amides is 1. The van der Waals surface area contributed by atoms with E-state index in [2.05, 4.69) is 10.3 Å². The molecule has 8 heteroatoms. The van der Waals surface area contributed by atoms with E-state index in [0.29, 0.717) is 23.6 Å². The van der Waals surface area contributed by atoms with Gasteiger partial charge in [-0.1, -0.05) is 12.1 Å². The second-order valence-electron chi connectivity index (χ2n) is 4.76. The maximum Gasteiger partial charge on any atom is 0.254 e. The standard InChI is InChI=1S/C15H17N3O3S2/c1-22-15-13(3-2-9-18-15)14(19)17-10-8-11-4-6-12(7-5-11)23(16,20)21/h2-7,9H,8,10H2,1H3,(H,17,19)(H2,16,20,21). The molecule has 0 fully saturated rings. The van der Waals surface area contributed by atoms with E-state index in [1.165, 1.54) is 23.9 Å². The number of carbonyl (C=O) groups excluding carboxylic acids is 1. The van der Waals surface area contributed by atoms with Crippen molar-refractivity contribution >= 4 is 27.7 Å². The minimum atomic E-state index is -3.68. The van der Waals surface area contributed by atoms with Gasteiger partial charge in [0.15, 0.2) is 0 Å². The largest absolute Gasteiger partial charge is 0.352 e. The van der Waals surface area contributed by atoms with E-state index in [4.69, 9.17) is 5.14 Å². The molecule has 23 heavy (non-hydrogen) atoms. The van der Waals surface area contributed by atoms with Gasteiger partial charge in [-0.05, 0) is 42.5 Å². The summed E-state index contributed by atoms with van der Waals surface area (Å²) < 4.78 is 22.4. The Morgan fingerprint density at radius 3 is 2.57 bits per heavy atom. The first-order valence-corrected chi connectivity index (χ1v) is 9.58. The van der Waals surface area contributed by atoms with Gasteiger partial charge in [0.25, 0.3) is 5.91 Å². The molecule has 0 saturated heterocycles. The summed E-state index contributed by atoms with van der Waals surface area (Å²) in [5.74, 6) is -0.177. The van der Waals surface area contributed by atoms with Gasteiger partial charge in [0.1, 0.15) is 5.03 Å². The number of hydrogen-bond acceptors (Lipinski definition) is 5. The summed E-state index contributed by atoms with van der Waals surface area (Å²) >= 11 is 1.42. The quantitative estimate of drug-likeness (QED) is 0.767. The second kappa shape index (κ2) is 7.58. The van der Waals surface area contributed by atoms with Crippen molar-refractivity contribution in [1.29, 1.82) is 0 Å². The highest BCUT2D eigenvalue weighted by atomic mass is 32.2. The molecule has 0 spiro atoms. The van der Waals surface area contributed by atoms with Crippen LogP contribution in [0.2, 0.25) is 0 Å². The highest BCUT2D eigenvalue weighted by Crippen LogP contribution is 2.16. The number of benzene rings is 1. The van der Waals surface area contributed by atoms with Crippen LogP contribution in [0.4, 0.5) is 0 Å². The van der Waals surface area contributed by atoms with Crippen molar-refractivity contribution in [1.82, 2.24) is 10.3 Å². The Labute approximate surface area is 139 Å². The van der Waals surface area contributed by atoms with Crippen LogP contribution in [-0.4, -0.2) is 32.1 Å². The number of hydrogen-bond donors (Lipinski definition) is 2. The van der Waals surface area contributed by atoms with Crippen LogP contribution in [0.3, 0.4) is 0 Å². The zero-order chi connectivity index (χ0) is 16.9. The molecule has 2 rings (SSSR count). The molecule has 1 aromatic carbocycles. The van der Waals surface area contributed by atoms with Gasteiger partial charge in [0.05, 0.1) is 10.5 Å². The number of thioether (sulfide) groups is 1. The lowest BCUT2D eigenvalue weighted by Crippen LogP contribution is -2.26. The van der Waals surface area contributed by atoms with Gasteiger partial charge < -0.3 is 5.32 Å². The number of primary sulfonamides is 1. The molecule has 0 aliphatic heterocycles. The van der Waals surface area contributed by atoms with Crippen molar-refractivity contribution in [3.05, 3.63) is 53.7 Å². The summed E-state index contributed by atoms with van der Waals surface area (Å²) in [6.07, 6.45) is 4.10. The molecular weight excluding hydrogens is 334 g/mol. The molecule has 0 aliphatic carbocycles. The number of pyridine rings is 1. The van der Waals surface area contributed by atoms with Crippen LogP contribution in [0.1, 0.15) is 15.9 Å². The first-order chi connectivity index (χ1) is 10.9. The molecular formula is C15H17N3O3S2. The zero-order valence-corrected chi connectivity index (χ0v) is 14.2. The van der Waals surface area contributed by atoms with Crippen LogP contribution in [0.15, 0.2) is 52.5 Å². The lowest BCUT2D eigenvalue weighted by Gasteiger charge is -2.08. The Morgan fingerprint density at radius 1 is 1.26 bits per heavy atom. The molecule has 0 radical (unpaired) electrons. The second-order valence-corrected chi connectivity index (χ2v) is 7.11. The zero-order valence-electron chi connectivity index (χ0n) is 12.5. The summed E-state index contributed by atoms with van der Waals surface area (Å²) in [4.78, 5) is 16.4. The van der Waals surface area contributed by atoms with E-state index in [1.54, 1.807) is 30.5 Å². The average molecular weight is 351 g/mol. The Balaban J connectivity index is 1.93. The van der Waals surface area contributed by atoms with Gasteiger partial charge >= 0.3 is 0 Å². The number of aromatic nitrogens is 1. The van der Waals surface area contributed by atoms with Crippen LogP contribution in [0.25, 0.3) is 0 Å². The molecule has 3 N–H and O–H groups in total. The van der Waals surface area contributed by atoms with Gasteiger partial charge in [0, 0.05) is 12.7 Å². The molecule has 0 bridgehead atoms. The minimum absolute atomic E-state index is 0.0743. The Hall–Kier alpha value is -1.90. The van der Waals surface area contributed by atoms with E-state index in [-0.39, 0.29) is 10.8 Å². The normalized spacial score (nSPS) is 11.2. The molecule has 1 aromatic heterocycles. The molecule has 0 aliphatic rings. The molecule has 0 atom stereocenters. The van der Waals surface area contributed by atoms with Crippen LogP contribution >= 0.6 is 11.8 Å². The summed E-state index contributed by atoms with van der Waals surface area (Å²) in [7, 11) is -3.68. The number of sulfonamides is 1. The number of nitrogens with one attached hydrogen (secondary N) is 1. The van der Waals surface area contributed by atoms with Gasteiger partial charge in [-0.25, -0.2) is 18.5 Å². The van der Waals surface area contributed by atoms with Crippen LogP contribution in [0, 0.1) is 0 Å². The fourth-order valence-electron chi connectivity index (χ4n) is 1.99. The Kier molecular flexibility index (Phi) is 5.75. The molecule has 0 unspecified atom stereocenters. The first-order valence-electron chi connectivity index (χ1n) is 6.81. The van der Waals surface area contributed by atoms with E-state index in [9.17, 15) is 13.2 Å². The van der Waals surface area contributed by atoms with Crippen LogP contribution < -0.4 is 10.5 Å². The van der Waals surface area contributed by atoms with Gasteiger partial charge in [-0.2, -0.15) is 0 Å². The summed E-state index contributed by atoms with van der Waals surface area (Å²) in [5, 5.41) is 8.56. The number of rotatable bonds is 6. The third-order valence-electron chi connectivity index (χ3n) is 3.16. The lowest BCUT2D eigenvalue weighted by molar-refractivity contribution is 0.0950. The number of nitrogens with two attached hydrogens (primary N) is 1. The summed E-state index contributed by atoms with van der Waals surface area (Å²) in [5.41, 5.74) is 1.46. The van der Waals surface area contributed by atoms with E-state index < -0.39 is 10.0 Å². The monoisotopic (exact) mass is 351 g/mol. The number of nitrogens with zero attached hydrogens (tertiary/aromatic N) is 1. The average Bonchev–Trinajstić information content (AvgIpc) is 2.54. The SMILES string of the molecule is CSc1ncccc1C(=O)NCCc1ccc(S(N)(=O)=O)cc1. The maximum atomic E-state index is 12.1. The van der Waals surface area contributed by atoms with Gasteiger partial charge in [-0.15, -0.1) is 11.8 Å². The summed E-state index contributed by atoms with van der Waals surface area (Å²) in [6, 6.07) is 9.74. The van der Waals surface area contributed by atoms with E-state index in [1.807, 2.05) is 6.26 Å². The highest BCUT2D eigenvalue weighted by molar-refractivity contribution is 7.98. The molecule has 6 nitrogen and oxygen atoms in total. The lowest BCUT2D eigenvalue weighted by atomic mass is 10.1. The van der Waals surface area contributed by atoms with Crippen molar-refractivity contribution in [2.24, 2.45) is 5.14 Å². The van der Waals surface area contributed by atoms with Crippen LogP contribution in [-0.2, 0) is 16.4 Å². The van der Waals surface area contributed by atoms with Crippen molar-refractivity contribution < 1.29 is 13.2 Å². The molecule has 1 heterocycles. The van der Waals surface area contributed by atoms with Gasteiger partial charge in [-0.3, -0.25) is 4.79 Å². The molecule has 122 valence electrons. The third-order valence-corrected chi connectivity index (χ3v) is 4.80. The Morgan fingerprint density at radius 2 is 1.96 bits per heavy atom. The van der Waals surface area contributed by atoms with Gasteiger partial charge in [0.2, 0.25) is 10.0 Å². The smallest absolute Gasteiger partial charge is 0.254 e. The number of carbonyl (C=O) groups is 1. The predicted molar refractivity (Wildman–Crippen MR) is 89.9 cm³/mol. The fraction of sp³-hybridized carbons (Fsp3) is 0.200. The van der Waals surface area contributed by atoms with E-state index >= 15 is 0 Å². The van der Waals surface area contributed by atoms with Crippen molar-refractivity contribution in [2.45, 2.75) is 16.3 Å². The first kappa shape index (κ1) is 17.5. The topological polar surface area (TPSA) is 102 Å². The third kappa shape index (κ3) is 4.78. The fourth-order valence-corrected chi connectivity index (χ4v) is 3.05. The molecule has 1 amide bonds. The van der Waals surface area contributed by atoms with Crippen molar-refractivity contribution in [2.75, 3.05) is 12.8 Å². The molecule has 0 saturated carbocycles. The Bertz CT molecular complexity index is 790.